The van der Waals surface area contributed by atoms with Gasteiger partial charge in [0, 0.05) is 36.3 Å². The molecule has 24 heavy (non-hydrogen) atoms. The fourth-order valence-corrected chi connectivity index (χ4v) is 3.13. The van der Waals surface area contributed by atoms with Crippen LogP contribution in [0, 0.1) is 5.82 Å². The molecule has 1 fully saturated rings. The molecule has 0 N–H and O–H groups in total. The number of ether oxygens (including phenoxy) is 1. The minimum absolute atomic E-state index is 0.121. The largest absolute Gasteiger partial charge is 0.497 e. The molecule has 0 aliphatic carbocycles. The van der Waals surface area contributed by atoms with Crippen LogP contribution in [0.2, 0.25) is 0 Å². The van der Waals surface area contributed by atoms with Gasteiger partial charge < -0.3 is 14.5 Å². The lowest BCUT2D eigenvalue weighted by Gasteiger charge is -2.36. The van der Waals surface area contributed by atoms with Crippen molar-refractivity contribution in [2.75, 3.05) is 38.2 Å². The van der Waals surface area contributed by atoms with Gasteiger partial charge in [0.25, 0.3) is 5.91 Å². The smallest absolute Gasteiger partial charge is 0.256 e. The van der Waals surface area contributed by atoms with Gasteiger partial charge in [-0.05, 0) is 42.5 Å². The van der Waals surface area contributed by atoms with Crippen molar-refractivity contribution in [2.45, 2.75) is 0 Å². The number of methoxy groups -OCH3 is 1. The normalized spacial score (nSPS) is 14.6. The Bertz CT molecular complexity index is 728. The maximum absolute atomic E-state index is 14.0. The van der Waals surface area contributed by atoms with Gasteiger partial charge in [0.1, 0.15) is 11.6 Å². The number of rotatable bonds is 3. The van der Waals surface area contributed by atoms with Gasteiger partial charge >= 0.3 is 0 Å². The van der Waals surface area contributed by atoms with E-state index in [1.54, 1.807) is 18.1 Å². The summed E-state index contributed by atoms with van der Waals surface area (Å²) in [5.74, 6) is 0.0691. The molecule has 126 valence electrons. The molecule has 1 aliphatic heterocycles. The molecule has 1 aliphatic rings. The van der Waals surface area contributed by atoms with E-state index >= 15 is 0 Å². The fraction of sp³-hybridized carbons (Fsp3) is 0.278. The summed E-state index contributed by atoms with van der Waals surface area (Å²) in [6.45, 7) is 2.58. The lowest BCUT2D eigenvalue weighted by atomic mass is 10.1. The molecule has 4 nitrogen and oxygen atoms in total. The number of hydrogen-bond acceptors (Lipinski definition) is 3. The topological polar surface area (TPSA) is 32.8 Å². The van der Waals surface area contributed by atoms with Crippen LogP contribution in [-0.4, -0.2) is 44.1 Å². The molecular formula is C18H18BrFN2O2. The number of hydrogen-bond donors (Lipinski definition) is 0. The van der Waals surface area contributed by atoms with Crippen molar-refractivity contribution in [3.05, 3.63) is 58.3 Å². The third kappa shape index (κ3) is 3.53. The van der Waals surface area contributed by atoms with E-state index < -0.39 is 5.82 Å². The number of carbonyl (C=O) groups is 1. The first-order chi connectivity index (χ1) is 11.6. The third-order valence-corrected chi connectivity index (χ3v) is 4.66. The number of halogens is 2. The molecule has 0 unspecified atom stereocenters. The first kappa shape index (κ1) is 16.8. The van der Waals surface area contributed by atoms with Crippen molar-refractivity contribution >= 4 is 27.5 Å². The van der Waals surface area contributed by atoms with Crippen LogP contribution in [0.25, 0.3) is 0 Å². The van der Waals surface area contributed by atoms with Gasteiger partial charge in [-0.2, -0.15) is 0 Å². The molecule has 2 aromatic rings. The second-order valence-corrected chi connectivity index (χ2v) is 6.52. The van der Waals surface area contributed by atoms with Crippen molar-refractivity contribution in [2.24, 2.45) is 0 Å². The zero-order valence-corrected chi connectivity index (χ0v) is 14.9. The quantitative estimate of drug-likeness (QED) is 0.800. The van der Waals surface area contributed by atoms with E-state index in [0.717, 1.165) is 24.5 Å². The highest BCUT2D eigenvalue weighted by atomic mass is 79.9. The summed E-state index contributed by atoms with van der Waals surface area (Å²) in [5.41, 5.74) is 1.22. The van der Waals surface area contributed by atoms with Gasteiger partial charge in [-0.3, -0.25) is 4.79 Å². The predicted octanol–water partition coefficient (Wildman–Crippen LogP) is 3.56. The summed E-state index contributed by atoms with van der Waals surface area (Å²) in [4.78, 5) is 16.4. The second-order valence-electron chi connectivity index (χ2n) is 5.60. The van der Waals surface area contributed by atoms with Crippen LogP contribution in [0.3, 0.4) is 0 Å². The number of anilines is 1. The highest BCUT2D eigenvalue weighted by Gasteiger charge is 2.24. The SMILES string of the molecule is COc1ccc(N2CCN(C(=O)c3ccc(Br)cc3F)CC2)cc1. The van der Waals surface area contributed by atoms with E-state index in [4.69, 9.17) is 4.74 Å². The van der Waals surface area contributed by atoms with Crippen molar-refractivity contribution in [1.29, 1.82) is 0 Å². The monoisotopic (exact) mass is 392 g/mol. The fourth-order valence-electron chi connectivity index (χ4n) is 2.79. The number of benzene rings is 2. The van der Waals surface area contributed by atoms with Gasteiger partial charge in [0.05, 0.1) is 12.7 Å². The Hall–Kier alpha value is -2.08. The Morgan fingerprint density at radius 1 is 1.08 bits per heavy atom. The maximum atomic E-state index is 14.0. The molecule has 0 aromatic heterocycles. The van der Waals surface area contributed by atoms with E-state index in [0.29, 0.717) is 17.6 Å². The lowest BCUT2D eigenvalue weighted by Crippen LogP contribution is -2.49. The van der Waals surface area contributed by atoms with Crippen LogP contribution in [0.4, 0.5) is 10.1 Å². The molecule has 0 spiro atoms. The molecule has 0 saturated carbocycles. The van der Waals surface area contributed by atoms with E-state index in [-0.39, 0.29) is 11.5 Å². The number of carbonyl (C=O) groups excluding carboxylic acids is 1. The lowest BCUT2D eigenvalue weighted by molar-refractivity contribution is 0.0742. The number of piperazine rings is 1. The minimum Gasteiger partial charge on any atom is -0.497 e. The predicted molar refractivity (Wildman–Crippen MR) is 95.2 cm³/mol. The Balaban J connectivity index is 1.64. The van der Waals surface area contributed by atoms with Crippen LogP contribution in [0.15, 0.2) is 46.9 Å². The van der Waals surface area contributed by atoms with E-state index in [2.05, 4.69) is 20.8 Å². The van der Waals surface area contributed by atoms with Crippen molar-refractivity contribution in [1.82, 2.24) is 4.90 Å². The van der Waals surface area contributed by atoms with Crippen LogP contribution in [0.1, 0.15) is 10.4 Å². The second kappa shape index (κ2) is 7.21. The Kier molecular flexibility index (Phi) is 5.04. The average Bonchev–Trinajstić information content (AvgIpc) is 2.61. The van der Waals surface area contributed by atoms with Crippen molar-refractivity contribution in [3.63, 3.8) is 0 Å². The molecule has 3 rings (SSSR count). The highest BCUT2D eigenvalue weighted by Crippen LogP contribution is 2.22. The third-order valence-electron chi connectivity index (χ3n) is 4.17. The van der Waals surface area contributed by atoms with Crippen molar-refractivity contribution in [3.8, 4) is 5.75 Å². The average molecular weight is 393 g/mol. The molecule has 1 amide bonds. The van der Waals surface area contributed by atoms with E-state index in [1.165, 1.54) is 12.1 Å². The molecule has 0 radical (unpaired) electrons. The molecule has 6 heteroatoms. The van der Waals surface area contributed by atoms with Gasteiger partial charge in [-0.15, -0.1) is 0 Å². The van der Waals surface area contributed by atoms with E-state index in [1.807, 2.05) is 24.3 Å². The molecule has 1 saturated heterocycles. The van der Waals surface area contributed by atoms with Gasteiger partial charge in [0.15, 0.2) is 0 Å². The van der Waals surface area contributed by atoms with Gasteiger partial charge in [-0.25, -0.2) is 4.39 Å². The van der Waals surface area contributed by atoms with Crippen LogP contribution < -0.4 is 9.64 Å². The highest BCUT2D eigenvalue weighted by molar-refractivity contribution is 9.10. The Morgan fingerprint density at radius 2 is 1.75 bits per heavy atom. The first-order valence-electron chi connectivity index (χ1n) is 7.72. The number of nitrogens with zero attached hydrogens (tertiary/aromatic N) is 2. The summed E-state index contributed by atoms with van der Waals surface area (Å²) in [7, 11) is 1.64. The molecule has 1 heterocycles. The van der Waals surface area contributed by atoms with Crippen LogP contribution in [-0.2, 0) is 0 Å². The molecule has 0 atom stereocenters. The summed E-state index contributed by atoms with van der Waals surface area (Å²) in [6.07, 6.45) is 0. The van der Waals surface area contributed by atoms with Gasteiger partial charge in [0.2, 0.25) is 0 Å². The van der Waals surface area contributed by atoms with Crippen molar-refractivity contribution < 1.29 is 13.9 Å². The Labute approximate surface area is 149 Å². The standard InChI is InChI=1S/C18H18BrFN2O2/c1-24-15-5-3-14(4-6-15)21-8-10-22(11-9-21)18(23)16-7-2-13(19)12-17(16)20/h2-7,12H,8-11H2,1H3. The summed E-state index contributed by atoms with van der Waals surface area (Å²) in [6, 6.07) is 12.4. The zero-order chi connectivity index (χ0) is 17.1. The number of amides is 1. The molecule has 2 aromatic carbocycles. The zero-order valence-electron chi connectivity index (χ0n) is 13.3. The van der Waals surface area contributed by atoms with E-state index in [9.17, 15) is 9.18 Å². The Morgan fingerprint density at radius 3 is 2.33 bits per heavy atom. The van der Waals surface area contributed by atoms with Crippen LogP contribution >= 0.6 is 15.9 Å². The summed E-state index contributed by atoms with van der Waals surface area (Å²) in [5, 5.41) is 0. The molecular weight excluding hydrogens is 375 g/mol. The summed E-state index contributed by atoms with van der Waals surface area (Å²) < 4.78 is 19.8. The summed E-state index contributed by atoms with van der Waals surface area (Å²) >= 11 is 3.20. The minimum atomic E-state index is -0.494. The first-order valence-corrected chi connectivity index (χ1v) is 8.51. The maximum Gasteiger partial charge on any atom is 0.256 e. The molecule has 0 bridgehead atoms. The van der Waals surface area contributed by atoms with Gasteiger partial charge in [-0.1, -0.05) is 15.9 Å². The van der Waals surface area contributed by atoms with Crippen LogP contribution in [0.5, 0.6) is 5.75 Å².